The maximum Gasteiger partial charge on any atom is 0.153 e. The van der Waals surface area contributed by atoms with Crippen LogP contribution < -0.4 is 0 Å². The fourth-order valence-corrected chi connectivity index (χ4v) is 1.27. The summed E-state index contributed by atoms with van der Waals surface area (Å²) in [5, 5.41) is 7.38. The van der Waals surface area contributed by atoms with Crippen molar-refractivity contribution in [3.05, 3.63) is 29.2 Å². The Labute approximate surface area is 73.6 Å². The number of aryl methyl sites for hydroxylation is 1. The van der Waals surface area contributed by atoms with Crippen LogP contribution in [-0.2, 0) is 0 Å². The summed E-state index contributed by atoms with van der Waals surface area (Å²) in [6, 6.07) is 2.75. The summed E-state index contributed by atoms with van der Waals surface area (Å²) < 4.78 is 13.0. The van der Waals surface area contributed by atoms with Gasteiger partial charge in [-0.2, -0.15) is 5.10 Å². The fraction of sp³-hybridized carbons (Fsp3) is 0.111. The monoisotopic (exact) mass is 178 g/mol. The lowest BCUT2D eigenvalue weighted by Crippen LogP contribution is -1.86. The van der Waals surface area contributed by atoms with Gasteiger partial charge in [-0.3, -0.25) is 9.89 Å². The van der Waals surface area contributed by atoms with Gasteiger partial charge < -0.3 is 0 Å². The quantitative estimate of drug-likeness (QED) is 0.677. The molecule has 0 atom stereocenters. The molecule has 3 nitrogen and oxygen atoms in total. The number of hydrogen-bond acceptors (Lipinski definition) is 2. The minimum absolute atomic E-state index is 0.0667. The number of halogens is 1. The van der Waals surface area contributed by atoms with Crippen LogP contribution in [0, 0.1) is 12.7 Å². The molecule has 0 aliphatic rings. The van der Waals surface area contributed by atoms with Crippen LogP contribution in [0.2, 0.25) is 0 Å². The SMILES string of the molecule is Cc1[nH]nc2cc(F)c(C=O)cc12. The second-order valence-electron chi connectivity index (χ2n) is 2.86. The first-order chi connectivity index (χ1) is 6.22. The summed E-state index contributed by atoms with van der Waals surface area (Å²) in [5.74, 6) is -0.533. The highest BCUT2D eigenvalue weighted by molar-refractivity contribution is 5.88. The van der Waals surface area contributed by atoms with Gasteiger partial charge in [0.15, 0.2) is 6.29 Å². The Hall–Kier alpha value is -1.71. The number of fused-ring (bicyclic) bond motifs is 1. The van der Waals surface area contributed by atoms with Crippen molar-refractivity contribution in [3.8, 4) is 0 Å². The minimum atomic E-state index is -0.533. The Morgan fingerprint density at radius 3 is 3.00 bits per heavy atom. The van der Waals surface area contributed by atoms with Crippen LogP contribution in [0.15, 0.2) is 12.1 Å². The molecule has 0 aliphatic carbocycles. The highest BCUT2D eigenvalue weighted by Gasteiger charge is 2.07. The van der Waals surface area contributed by atoms with E-state index in [4.69, 9.17) is 0 Å². The van der Waals surface area contributed by atoms with Crippen LogP contribution >= 0.6 is 0 Å². The van der Waals surface area contributed by atoms with E-state index in [0.29, 0.717) is 11.8 Å². The average Bonchev–Trinajstić information content (AvgIpc) is 2.46. The molecule has 0 bridgehead atoms. The van der Waals surface area contributed by atoms with Crippen LogP contribution in [0.25, 0.3) is 10.9 Å². The highest BCUT2D eigenvalue weighted by atomic mass is 19.1. The summed E-state index contributed by atoms with van der Waals surface area (Å²) in [6.45, 7) is 1.82. The summed E-state index contributed by atoms with van der Waals surface area (Å²) in [4.78, 5) is 10.4. The first kappa shape index (κ1) is 7.91. The molecule has 2 aromatic rings. The number of rotatable bonds is 1. The number of aldehydes is 1. The van der Waals surface area contributed by atoms with Gasteiger partial charge in [0.25, 0.3) is 0 Å². The lowest BCUT2D eigenvalue weighted by Gasteiger charge is -1.94. The van der Waals surface area contributed by atoms with E-state index in [1.165, 1.54) is 12.1 Å². The maximum absolute atomic E-state index is 13.0. The van der Waals surface area contributed by atoms with Crippen molar-refractivity contribution in [3.63, 3.8) is 0 Å². The van der Waals surface area contributed by atoms with Gasteiger partial charge in [0.05, 0.1) is 11.1 Å². The van der Waals surface area contributed by atoms with E-state index >= 15 is 0 Å². The Balaban J connectivity index is 2.84. The molecule has 1 heterocycles. The predicted molar refractivity (Wildman–Crippen MR) is 46.2 cm³/mol. The van der Waals surface area contributed by atoms with Crippen molar-refractivity contribution in [2.75, 3.05) is 0 Å². The smallest absolute Gasteiger partial charge is 0.153 e. The third-order valence-corrected chi connectivity index (χ3v) is 1.99. The second-order valence-corrected chi connectivity index (χ2v) is 2.86. The first-order valence-corrected chi connectivity index (χ1v) is 3.82. The molecular weight excluding hydrogens is 171 g/mol. The van der Waals surface area contributed by atoms with E-state index in [1.54, 1.807) is 0 Å². The third-order valence-electron chi connectivity index (χ3n) is 1.99. The van der Waals surface area contributed by atoms with Crippen molar-refractivity contribution in [1.82, 2.24) is 10.2 Å². The van der Waals surface area contributed by atoms with Gasteiger partial charge in [0.2, 0.25) is 0 Å². The van der Waals surface area contributed by atoms with Crippen molar-refractivity contribution in [2.24, 2.45) is 0 Å². The molecule has 1 aromatic carbocycles. The standard InChI is InChI=1S/C9H7FN2O/c1-5-7-2-6(4-13)8(10)3-9(7)12-11-5/h2-4H,1H3,(H,11,12). The molecule has 0 saturated carbocycles. The Morgan fingerprint density at radius 1 is 1.54 bits per heavy atom. The van der Waals surface area contributed by atoms with E-state index in [0.717, 1.165) is 11.1 Å². The van der Waals surface area contributed by atoms with Crippen molar-refractivity contribution in [1.29, 1.82) is 0 Å². The van der Waals surface area contributed by atoms with Gasteiger partial charge in [0.1, 0.15) is 5.82 Å². The molecule has 0 spiro atoms. The highest BCUT2D eigenvalue weighted by Crippen LogP contribution is 2.18. The molecule has 2 rings (SSSR count). The lowest BCUT2D eigenvalue weighted by molar-refractivity contribution is 0.112. The molecule has 1 aromatic heterocycles. The Bertz CT molecular complexity index is 476. The molecular formula is C9H7FN2O. The Morgan fingerprint density at radius 2 is 2.31 bits per heavy atom. The zero-order valence-corrected chi connectivity index (χ0v) is 6.97. The second kappa shape index (κ2) is 2.65. The van der Waals surface area contributed by atoms with E-state index < -0.39 is 5.82 Å². The van der Waals surface area contributed by atoms with Gasteiger partial charge in [0, 0.05) is 17.1 Å². The maximum atomic E-state index is 13.0. The zero-order valence-electron chi connectivity index (χ0n) is 6.97. The molecule has 66 valence electrons. The van der Waals surface area contributed by atoms with Crippen LogP contribution in [0.5, 0.6) is 0 Å². The number of nitrogens with zero attached hydrogens (tertiary/aromatic N) is 1. The van der Waals surface area contributed by atoms with Crippen molar-refractivity contribution in [2.45, 2.75) is 6.92 Å². The minimum Gasteiger partial charge on any atom is -0.298 e. The van der Waals surface area contributed by atoms with Gasteiger partial charge in [-0.25, -0.2) is 4.39 Å². The summed E-state index contributed by atoms with van der Waals surface area (Å²) >= 11 is 0. The average molecular weight is 178 g/mol. The topological polar surface area (TPSA) is 45.8 Å². The zero-order chi connectivity index (χ0) is 9.42. The van der Waals surface area contributed by atoms with Crippen molar-refractivity contribution < 1.29 is 9.18 Å². The Kier molecular flexibility index (Phi) is 1.62. The molecule has 0 unspecified atom stereocenters. The van der Waals surface area contributed by atoms with E-state index in [-0.39, 0.29) is 5.56 Å². The van der Waals surface area contributed by atoms with Gasteiger partial charge in [-0.15, -0.1) is 0 Å². The number of hydrogen-bond donors (Lipinski definition) is 1. The van der Waals surface area contributed by atoms with E-state index in [9.17, 15) is 9.18 Å². The number of aromatic amines is 1. The number of carbonyl (C=O) groups excluding carboxylic acids is 1. The molecule has 0 amide bonds. The fourth-order valence-electron chi connectivity index (χ4n) is 1.27. The summed E-state index contributed by atoms with van der Waals surface area (Å²) in [5.41, 5.74) is 1.44. The largest absolute Gasteiger partial charge is 0.298 e. The van der Waals surface area contributed by atoms with Crippen LogP contribution in [0.4, 0.5) is 4.39 Å². The van der Waals surface area contributed by atoms with Crippen LogP contribution in [0.3, 0.4) is 0 Å². The van der Waals surface area contributed by atoms with E-state index in [2.05, 4.69) is 10.2 Å². The number of H-pyrrole nitrogens is 1. The van der Waals surface area contributed by atoms with Gasteiger partial charge in [-0.1, -0.05) is 0 Å². The first-order valence-electron chi connectivity index (χ1n) is 3.82. The molecule has 0 fully saturated rings. The van der Waals surface area contributed by atoms with E-state index in [1.807, 2.05) is 6.92 Å². The predicted octanol–water partition coefficient (Wildman–Crippen LogP) is 1.82. The number of aromatic nitrogens is 2. The molecule has 0 aliphatic heterocycles. The van der Waals surface area contributed by atoms with Crippen LogP contribution in [-0.4, -0.2) is 16.5 Å². The molecule has 0 saturated heterocycles. The normalized spacial score (nSPS) is 10.6. The summed E-state index contributed by atoms with van der Waals surface area (Å²) in [7, 11) is 0. The summed E-state index contributed by atoms with van der Waals surface area (Å²) in [6.07, 6.45) is 0.501. The molecule has 0 radical (unpaired) electrons. The van der Waals surface area contributed by atoms with Crippen molar-refractivity contribution >= 4 is 17.2 Å². The molecule has 13 heavy (non-hydrogen) atoms. The number of carbonyl (C=O) groups is 1. The lowest BCUT2D eigenvalue weighted by atomic mass is 10.1. The molecule has 1 N–H and O–H groups in total. The van der Waals surface area contributed by atoms with Gasteiger partial charge >= 0.3 is 0 Å². The van der Waals surface area contributed by atoms with Crippen LogP contribution in [0.1, 0.15) is 16.1 Å². The molecule has 4 heteroatoms. The number of nitrogens with one attached hydrogen (secondary N) is 1. The number of benzene rings is 1. The third kappa shape index (κ3) is 1.11. The van der Waals surface area contributed by atoms with Gasteiger partial charge in [-0.05, 0) is 13.0 Å².